The molecule has 0 radical (unpaired) electrons. The summed E-state index contributed by atoms with van der Waals surface area (Å²) in [5.41, 5.74) is 2.12. The van der Waals surface area contributed by atoms with Gasteiger partial charge in [-0.1, -0.05) is 59.6 Å². The molecule has 1 aliphatic heterocycles. The third-order valence-electron chi connectivity index (χ3n) is 4.33. The van der Waals surface area contributed by atoms with Crippen molar-refractivity contribution in [3.05, 3.63) is 69.7 Å². The zero-order valence-corrected chi connectivity index (χ0v) is 15.2. The Hall–Kier alpha value is -1.26. The molecular formula is C18H18Cl3NO2. The molecule has 2 unspecified atom stereocenters. The summed E-state index contributed by atoms with van der Waals surface area (Å²) in [5, 5.41) is 10.5. The first-order valence-corrected chi connectivity index (χ1v) is 8.24. The van der Waals surface area contributed by atoms with E-state index in [1.165, 1.54) is 5.56 Å². The van der Waals surface area contributed by atoms with E-state index in [2.05, 4.69) is 17.0 Å². The molecule has 0 amide bonds. The van der Waals surface area contributed by atoms with E-state index in [9.17, 15) is 9.90 Å². The largest absolute Gasteiger partial charge is 0.481 e. The molecule has 0 bridgehead atoms. The van der Waals surface area contributed by atoms with Crippen molar-refractivity contribution in [1.82, 2.24) is 4.90 Å². The third-order valence-corrected chi connectivity index (χ3v) is 5.07. The molecule has 0 aromatic heterocycles. The van der Waals surface area contributed by atoms with E-state index in [4.69, 9.17) is 23.2 Å². The summed E-state index contributed by atoms with van der Waals surface area (Å²) in [7, 11) is 0. The van der Waals surface area contributed by atoms with Gasteiger partial charge in [0.2, 0.25) is 0 Å². The molecule has 3 nitrogen and oxygen atoms in total. The van der Waals surface area contributed by atoms with Gasteiger partial charge in [-0.15, -0.1) is 12.4 Å². The minimum Gasteiger partial charge on any atom is -0.481 e. The van der Waals surface area contributed by atoms with E-state index in [-0.39, 0.29) is 18.3 Å². The second kappa shape index (κ2) is 8.21. The van der Waals surface area contributed by atoms with Gasteiger partial charge in [0.25, 0.3) is 0 Å². The number of carboxylic acid groups (broad SMARTS) is 1. The number of nitrogens with zero attached hydrogens (tertiary/aromatic N) is 1. The first-order valence-electron chi connectivity index (χ1n) is 7.48. The molecule has 2 atom stereocenters. The molecule has 3 rings (SSSR count). The quantitative estimate of drug-likeness (QED) is 0.827. The van der Waals surface area contributed by atoms with Crippen LogP contribution < -0.4 is 0 Å². The number of carbonyl (C=O) groups is 1. The summed E-state index contributed by atoms with van der Waals surface area (Å²) < 4.78 is 0. The van der Waals surface area contributed by atoms with Crippen molar-refractivity contribution in [2.45, 2.75) is 12.5 Å². The predicted molar refractivity (Wildman–Crippen MR) is 99.3 cm³/mol. The zero-order valence-electron chi connectivity index (χ0n) is 12.9. The van der Waals surface area contributed by atoms with Crippen molar-refractivity contribution in [3.63, 3.8) is 0 Å². The molecule has 6 heteroatoms. The fourth-order valence-corrected chi connectivity index (χ4v) is 3.49. The summed E-state index contributed by atoms with van der Waals surface area (Å²) >= 11 is 12.1. The van der Waals surface area contributed by atoms with E-state index in [1.54, 1.807) is 12.1 Å². The van der Waals surface area contributed by atoms with Crippen molar-refractivity contribution in [2.24, 2.45) is 5.92 Å². The molecule has 1 heterocycles. The Morgan fingerprint density at radius 1 is 1.08 bits per heavy atom. The number of benzene rings is 2. The molecule has 24 heavy (non-hydrogen) atoms. The Morgan fingerprint density at radius 2 is 1.79 bits per heavy atom. The van der Waals surface area contributed by atoms with Gasteiger partial charge in [0.05, 0.1) is 16.0 Å². The highest BCUT2D eigenvalue weighted by atomic mass is 35.5. The Bertz CT molecular complexity index is 709. The topological polar surface area (TPSA) is 40.5 Å². The van der Waals surface area contributed by atoms with E-state index >= 15 is 0 Å². The molecule has 1 N–H and O–H groups in total. The third kappa shape index (κ3) is 4.22. The van der Waals surface area contributed by atoms with Gasteiger partial charge in [0.15, 0.2) is 0 Å². The summed E-state index contributed by atoms with van der Waals surface area (Å²) in [4.78, 5) is 13.8. The Balaban J connectivity index is 0.00000208. The maximum absolute atomic E-state index is 11.6. The highest BCUT2D eigenvalue weighted by molar-refractivity contribution is 6.42. The summed E-state index contributed by atoms with van der Waals surface area (Å²) in [6.45, 7) is 1.99. The van der Waals surface area contributed by atoms with Crippen LogP contribution in [0.15, 0.2) is 48.5 Å². The van der Waals surface area contributed by atoms with Crippen molar-refractivity contribution < 1.29 is 9.90 Å². The van der Waals surface area contributed by atoms with Crippen molar-refractivity contribution >= 4 is 41.6 Å². The molecular weight excluding hydrogens is 369 g/mol. The highest BCUT2D eigenvalue weighted by Crippen LogP contribution is 2.36. The normalized spacial score (nSPS) is 20.6. The van der Waals surface area contributed by atoms with Crippen LogP contribution in [-0.2, 0) is 11.3 Å². The van der Waals surface area contributed by atoms with Crippen LogP contribution in [0, 0.1) is 5.92 Å². The molecule has 0 spiro atoms. The molecule has 1 fully saturated rings. The van der Waals surface area contributed by atoms with Gasteiger partial charge in [-0.05, 0) is 23.3 Å². The van der Waals surface area contributed by atoms with E-state index in [1.807, 2.05) is 24.3 Å². The summed E-state index contributed by atoms with van der Waals surface area (Å²) in [6, 6.07) is 15.5. The van der Waals surface area contributed by atoms with E-state index < -0.39 is 11.9 Å². The Labute approximate surface area is 157 Å². The Morgan fingerprint density at radius 3 is 2.42 bits per heavy atom. The van der Waals surface area contributed by atoms with Gasteiger partial charge < -0.3 is 5.11 Å². The van der Waals surface area contributed by atoms with Crippen LogP contribution in [-0.4, -0.2) is 29.1 Å². The number of hydrogen-bond acceptors (Lipinski definition) is 2. The standard InChI is InChI=1S/C18H17Cl2NO2.ClH/c19-16-7-6-13(8-17(16)20)14-10-21(11-15(14)18(22)23)9-12-4-2-1-3-5-12;/h1-8,14-15H,9-11H2,(H,22,23);1H. The molecule has 2 aromatic rings. The lowest BCUT2D eigenvalue weighted by atomic mass is 9.89. The van der Waals surface area contributed by atoms with Crippen LogP contribution in [0.1, 0.15) is 17.0 Å². The first kappa shape index (κ1) is 19.1. The summed E-state index contributed by atoms with van der Waals surface area (Å²) in [5.74, 6) is -1.28. The number of rotatable bonds is 4. The van der Waals surface area contributed by atoms with Crippen LogP contribution in [0.5, 0.6) is 0 Å². The van der Waals surface area contributed by atoms with Gasteiger partial charge in [-0.3, -0.25) is 9.69 Å². The van der Waals surface area contributed by atoms with Gasteiger partial charge in [-0.2, -0.15) is 0 Å². The van der Waals surface area contributed by atoms with E-state index in [0.29, 0.717) is 23.1 Å². The monoisotopic (exact) mass is 385 g/mol. The fraction of sp³-hybridized carbons (Fsp3) is 0.278. The second-order valence-electron chi connectivity index (χ2n) is 5.90. The van der Waals surface area contributed by atoms with Gasteiger partial charge >= 0.3 is 5.97 Å². The predicted octanol–water partition coefficient (Wildman–Crippen LogP) is 4.72. The van der Waals surface area contributed by atoms with Crippen molar-refractivity contribution in [3.8, 4) is 0 Å². The molecule has 2 aromatic carbocycles. The number of likely N-dealkylation sites (tertiary alicyclic amines) is 1. The number of hydrogen-bond donors (Lipinski definition) is 1. The lowest BCUT2D eigenvalue weighted by Gasteiger charge is -2.16. The second-order valence-corrected chi connectivity index (χ2v) is 6.72. The average Bonchev–Trinajstić information content (AvgIpc) is 2.95. The SMILES string of the molecule is Cl.O=C(O)C1CN(Cc2ccccc2)CC1c1ccc(Cl)c(Cl)c1. The molecule has 0 aliphatic carbocycles. The van der Waals surface area contributed by atoms with Crippen molar-refractivity contribution in [2.75, 3.05) is 13.1 Å². The lowest BCUT2D eigenvalue weighted by Crippen LogP contribution is -2.23. The molecule has 1 saturated heterocycles. The summed E-state index contributed by atoms with van der Waals surface area (Å²) in [6.07, 6.45) is 0. The minimum atomic E-state index is -0.767. The molecule has 1 aliphatic rings. The molecule has 128 valence electrons. The number of aliphatic carboxylic acids is 1. The molecule has 0 saturated carbocycles. The highest BCUT2D eigenvalue weighted by Gasteiger charge is 2.38. The zero-order chi connectivity index (χ0) is 16.4. The van der Waals surface area contributed by atoms with Crippen molar-refractivity contribution in [1.29, 1.82) is 0 Å². The van der Waals surface area contributed by atoms with Crippen LogP contribution in [0.3, 0.4) is 0 Å². The van der Waals surface area contributed by atoms with Crippen LogP contribution >= 0.6 is 35.6 Å². The fourth-order valence-electron chi connectivity index (χ4n) is 3.19. The van der Waals surface area contributed by atoms with E-state index in [0.717, 1.165) is 12.1 Å². The number of halogens is 3. The maximum atomic E-state index is 11.6. The number of carboxylic acids is 1. The van der Waals surface area contributed by atoms with Gasteiger partial charge in [0.1, 0.15) is 0 Å². The smallest absolute Gasteiger partial charge is 0.308 e. The maximum Gasteiger partial charge on any atom is 0.308 e. The first-order chi connectivity index (χ1) is 11.0. The Kier molecular flexibility index (Phi) is 6.53. The van der Waals surface area contributed by atoms with Gasteiger partial charge in [0, 0.05) is 25.6 Å². The van der Waals surface area contributed by atoms with Gasteiger partial charge in [-0.25, -0.2) is 0 Å². The van der Waals surface area contributed by atoms with Crippen LogP contribution in [0.25, 0.3) is 0 Å². The van der Waals surface area contributed by atoms with Crippen LogP contribution in [0.4, 0.5) is 0 Å². The minimum absolute atomic E-state index is 0. The van der Waals surface area contributed by atoms with Crippen LogP contribution in [0.2, 0.25) is 10.0 Å². The lowest BCUT2D eigenvalue weighted by molar-refractivity contribution is -0.141. The average molecular weight is 387 g/mol.